The van der Waals surface area contributed by atoms with Gasteiger partial charge in [-0.15, -0.1) is 11.8 Å². The van der Waals surface area contributed by atoms with Crippen LogP contribution < -0.4 is 5.73 Å². The second-order valence-corrected chi connectivity index (χ2v) is 6.54. The first-order valence-corrected chi connectivity index (χ1v) is 7.07. The molecule has 1 saturated heterocycles. The highest BCUT2D eigenvalue weighted by Crippen LogP contribution is 2.28. The lowest BCUT2D eigenvalue weighted by Crippen LogP contribution is -2.39. The van der Waals surface area contributed by atoms with Gasteiger partial charge in [0.05, 0.1) is 5.25 Å². The van der Waals surface area contributed by atoms with Crippen molar-refractivity contribution in [1.29, 1.82) is 0 Å². The highest BCUT2D eigenvalue weighted by molar-refractivity contribution is 8.00. The molecule has 0 aromatic heterocycles. The van der Waals surface area contributed by atoms with Crippen molar-refractivity contribution in [3.8, 4) is 0 Å². The minimum Gasteiger partial charge on any atom is -0.325 e. The van der Waals surface area contributed by atoms with Crippen molar-refractivity contribution in [3.05, 3.63) is 0 Å². The second-order valence-electron chi connectivity index (χ2n) is 5.35. The Labute approximate surface area is 107 Å². The van der Waals surface area contributed by atoms with Crippen molar-refractivity contribution in [2.45, 2.75) is 57.4 Å². The zero-order chi connectivity index (χ0) is 13.2. The van der Waals surface area contributed by atoms with Gasteiger partial charge in [0.15, 0.2) is 0 Å². The lowest BCUT2D eigenvalue weighted by atomic mass is 10.1. The summed E-state index contributed by atoms with van der Waals surface area (Å²) in [5.74, 6) is 0.598. The molecule has 2 amide bonds. The summed E-state index contributed by atoms with van der Waals surface area (Å²) in [5.41, 5.74) is 5.58. The van der Waals surface area contributed by atoms with Crippen LogP contribution >= 0.6 is 11.8 Å². The maximum atomic E-state index is 12.1. The molecule has 2 unspecified atom stereocenters. The van der Waals surface area contributed by atoms with Crippen molar-refractivity contribution in [3.63, 3.8) is 0 Å². The number of hydrogen-bond donors (Lipinski definition) is 1. The molecule has 0 bridgehead atoms. The highest BCUT2D eigenvalue weighted by atomic mass is 32.2. The third kappa shape index (κ3) is 3.71. The predicted molar refractivity (Wildman–Crippen MR) is 70.7 cm³/mol. The van der Waals surface area contributed by atoms with E-state index in [9.17, 15) is 9.59 Å². The van der Waals surface area contributed by atoms with E-state index in [0.717, 1.165) is 6.42 Å². The zero-order valence-electron chi connectivity index (χ0n) is 11.0. The number of hydrogen-bond acceptors (Lipinski definition) is 4. The fourth-order valence-electron chi connectivity index (χ4n) is 1.71. The van der Waals surface area contributed by atoms with Crippen LogP contribution in [0.1, 0.15) is 40.5 Å². The van der Waals surface area contributed by atoms with E-state index >= 15 is 0 Å². The SMILES string of the molecule is CCC(C)N1C(=O)CC(SCC(C)(C)N)C1=O. The van der Waals surface area contributed by atoms with Gasteiger partial charge in [-0.2, -0.15) is 0 Å². The fourth-order valence-corrected chi connectivity index (χ4v) is 2.86. The minimum atomic E-state index is -0.308. The van der Waals surface area contributed by atoms with E-state index in [4.69, 9.17) is 5.73 Å². The third-order valence-corrected chi connectivity index (χ3v) is 4.51. The Balaban J connectivity index is 2.62. The van der Waals surface area contributed by atoms with Gasteiger partial charge in [-0.25, -0.2) is 0 Å². The van der Waals surface area contributed by atoms with Gasteiger partial charge in [-0.05, 0) is 27.2 Å². The smallest absolute Gasteiger partial charge is 0.243 e. The van der Waals surface area contributed by atoms with E-state index in [1.54, 1.807) is 0 Å². The van der Waals surface area contributed by atoms with Crippen LogP contribution in [0.15, 0.2) is 0 Å². The van der Waals surface area contributed by atoms with Crippen LogP contribution in [0.2, 0.25) is 0 Å². The topological polar surface area (TPSA) is 63.4 Å². The first-order chi connectivity index (χ1) is 7.76. The second kappa shape index (κ2) is 5.40. The van der Waals surface area contributed by atoms with Gasteiger partial charge < -0.3 is 5.73 Å². The molecule has 0 radical (unpaired) electrons. The molecule has 0 aromatic carbocycles. The van der Waals surface area contributed by atoms with E-state index in [1.807, 2.05) is 27.7 Å². The molecular weight excluding hydrogens is 236 g/mol. The van der Waals surface area contributed by atoms with Crippen LogP contribution in [0, 0.1) is 0 Å². The molecule has 1 fully saturated rings. The molecule has 1 heterocycles. The van der Waals surface area contributed by atoms with Gasteiger partial charge in [0.1, 0.15) is 0 Å². The number of nitrogens with zero attached hydrogens (tertiary/aromatic N) is 1. The van der Waals surface area contributed by atoms with Crippen molar-refractivity contribution >= 4 is 23.6 Å². The third-order valence-electron chi connectivity index (χ3n) is 2.83. The van der Waals surface area contributed by atoms with Gasteiger partial charge in [0.25, 0.3) is 0 Å². The predicted octanol–water partition coefficient (Wildman–Crippen LogP) is 1.38. The van der Waals surface area contributed by atoms with Crippen molar-refractivity contribution in [2.75, 3.05) is 5.75 Å². The lowest BCUT2D eigenvalue weighted by Gasteiger charge is -2.22. The number of nitrogens with two attached hydrogens (primary N) is 1. The largest absolute Gasteiger partial charge is 0.325 e. The van der Waals surface area contributed by atoms with E-state index in [0.29, 0.717) is 12.2 Å². The maximum absolute atomic E-state index is 12.1. The Morgan fingerprint density at radius 1 is 1.53 bits per heavy atom. The van der Waals surface area contributed by atoms with Crippen molar-refractivity contribution in [1.82, 2.24) is 4.90 Å². The molecule has 17 heavy (non-hydrogen) atoms. The standard InChI is InChI=1S/C12H22N2O2S/c1-5-8(2)14-10(15)6-9(11(14)16)17-7-12(3,4)13/h8-9H,5-7,13H2,1-4H3. The Kier molecular flexibility index (Phi) is 4.61. The monoisotopic (exact) mass is 258 g/mol. The molecule has 5 heteroatoms. The van der Waals surface area contributed by atoms with Crippen LogP contribution in [-0.4, -0.2) is 39.3 Å². The van der Waals surface area contributed by atoms with E-state index in [-0.39, 0.29) is 28.6 Å². The van der Waals surface area contributed by atoms with Gasteiger partial charge in [-0.1, -0.05) is 6.92 Å². The molecule has 0 aliphatic carbocycles. The van der Waals surface area contributed by atoms with E-state index in [2.05, 4.69) is 0 Å². The summed E-state index contributed by atoms with van der Waals surface area (Å²) in [6.07, 6.45) is 1.13. The number of imide groups is 1. The number of likely N-dealkylation sites (tertiary alicyclic amines) is 1. The average molecular weight is 258 g/mol. The quantitative estimate of drug-likeness (QED) is 0.757. The summed E-state index contributed by atoms with van der Waals surface area (Å²) in [6, 6.07) is 0.00601. The first kappa shape index (κ1) is 14.5. The molecule has 2 N–H and O–H groups in total. The van der Waals surface area contributed by atoms with Gasteiger partial charge in [0, 0.05) is 23.8 Å². The van der Waals surface area contributed by atoms with Crippen LogP contribution in [0.25, 0.3) is 0 Å². The summed E-state index contributed by atoms with van der Waals surface area (Å²) in [5, 5.41) is -0.237. The summed E-state index contributed by atoms with van der Waals surface area (Å²) in [6.45, 7) is 7.74. The molecule has 1 aliphatic heterocycles. The van der Waals surface area contributed by atoms with E-state index < -0.39 is 0 Å². The molecular formula is C12H22N2O2S. The van der Waals surface area contributed by atoms with Crippen molar-refractivity contribution < 1.29 is 9.59 Å². The molecule has 1 aliphatic rings. The maximum Gasteiger partial charge on any atom is 0.243 e. The minimum absolute atomic E-state index is 0.00601. The molecule has 1 rings (SSSR count). The van der Waals surface area contributed by atoms with Gasteiger partial charge in [-0.3, -0.25) is 14.5 Å². The van der Waals surface area contributed by atoms with Crippen LogP contribution in [0.4, 0.5) is 0 Å². The highest BCUT2D eigenvalue weighted by Gasteiger charge is 2.41. The normalized spacial score (nSPS) is 23.4. The summed E-state index contributed by atoms with van der Waals surface area (Å²) >= 11 is 1.50. The van der Waals surface area contributed by atoms with Crippen LogP contribution in [0.3, 0.4) is 0 Å². The van der Waals surface area contributed by atoms with E-state index in [1.165, 1.54) is 16.7 Å². The molecule has 2 atom stereocenters. The number of rotatable bonds is 5. The molecule has 98 valence electrons. The molecule has 0 aromatic rings. The van der Waals surface area contributed by atoms with Gasteiger partial charge in [0.2, 0.25) is 11.8 Å². The van der Waals surface area contributed by atoms with Crippen LogP contribution in [0.5, 0.6) is 0 Å². The summed E-state index contributed by atoms with van der Waals surface area (Å²) in [7, 11) is 0. The van der Waals surface area contributed by atoms with Crippen LogP contribution in [-0.2, 0) is 9.59 Å². The summed E-state index contributed by atoms with van der Waals surface area (Å²) < 4.78 is 0. The number of carbonyl (C=O) groups is 2. The Bertz CT molecular complexity index is 312. The molecule has 0 saturated carbocycles. The lowest BCUT2D eigenvalue weighted by molar-refractivity contribution is -0.140. The van der Waals surface area contributed by atoms with Gasteiger partial charge >= 0.3 is 0 Å². The molecule has 0 spiro atoms. The van der Waals surface area contributed by atoms with Crippen molar-refractivity contribution in [2.24, 2.45) is 5.73 Å². The number of carbonyl (C=O) groups excluding carboxylic acids is 2. The Hall–Kier alpha value is -0.550. The number of thioether (sulfide) groups is 1. The number of amides is 2. The molecule has 4 nitrogen and oxygen atoms in total. The fraction of sp³-hybridized carbons (Fsp3) is 0.833. The Morgan fingerprint density at radius 2 is 2.12 bits per heavy atom. The average Bonchev–Trinajstić information content (AvgIpc) is 2.49. The Morgan fingerprint density at radius 3 is 2.59 bits per heavy atom. The zero-order valence-corrected chi connectivity index (χ0v) is 11.8. The first-order valence-electron chi connectivity index (χ1n) is 6.02. The summed E-state index contributed by atoms with van der Waals surface area (Å²) in [4.78, 5) is 25.3.